The van der Waals surface area contributed by atoms with E-state index in [0.29, 0.717) is 6.61 Å². The summed E-state index contributed by atoms with van der Waals surface area (Å²) in [6, 6.07) is 8.61. The van der Waals surface area contributed by atoms with E-state index in [4.69, 9.17) is 4.74 Å². The van der Waals surface area contributed by atoms with Crippen LogP contribution in [0.25, 0.3) is 0 Å². The number of unbranched alkanes of at least 4 members (excludes halogenated alkanes) is 1. The number of benzene rings is 1. The first-order valence-corrected chi connectivity index (χ1v) is 6.06. The zero-order valence-corrected chi connectivity index (χ0v) is 10.7. The van der Waals surface area contributed by atoms with E-state index in [1.54, 1.807) is 7.05 Å². The number of aryl methyl sites for hydroxylation is 2. The molecule has 0 fully saturated rings. The molecule has 94 valence electrons. The molecule has 17 heavy (non-hydrogen) atoms. The first-order valence-electron chi connectivity index (χ1n) is 6.06. The smallest absolute Gasteiger partial charge is 0.245 e. The van der Waals surface area contributed by atoms with Gasteiger partial charge in [0, 0.05) is 13.7 Å². The van der Waals surface area contributed by atoms with Gasteiger partial charge in [-0.25, -0.2) is 0 Å². The second-order valence-corrected chi connectivity index (χ2v) is 4.17. The molecule has 1 amide bonds. The van der Waals surface area contributed by atoms with Crippen LogP contribution in [0, 0.1) is 6.92 Å². The van der Waals surface area contributed by atoms with Crippen molar-refractivity contribution in [2.45, 2.75) is 26.2 Å². The van der Waals surface area contributed by atoms with Crippen molar-refractivity contribution in [3.8, 4) is 0 Å². The van der Waals surface area contributed by atoms with Crippen molar-refractivity contribution < 1.29 is 9.53 Å². The molecule has 0 aromatic heterocycles. The van der Waals surface area contributed by atoms with Crippen molar-refractivity contribution in [2.24, 2.45) is 0 Å². The SMILES string of the molecule is CNC(=O)COCCCCc1ccc(C)cc1. The third-order valence-corrected chi connectivity index (χ3v) is 2.64. The van der Waals surface area contributed by atoms with E-state index in [9.17, 15) is 4.79 Å². The molecule has 0 bridgehead atoms. The van der Waals surface area contributed by atoms with Crippen LogP contribution in [0.2, 0.25) is 0 Å². The molecule has 1 aromatic rings. The summed E-state index contributed by atoms with van der Waals surface area (Å²) in [5.74, 6) is -0.0662. The number of carbonyl (C=O) groups excluding carboxylic acids is 1. The van der Waals surface area contributed by atoms with Crippen molar-refractivity contribution in [3.63, 3.8) is 0 Å². The molecule has 1 rings (SSSR count). The summed E-state index contributed by atoms with van der Waals surface area (Å²) in [6.07, 6.45) is 3.16. The molecular weight excluding hydrogens is 214 g/mol. The fourth-order valence-electron chi connectivity index (χ4n) is 1.53. The Balaban J connectivity index is 2.04. The average molecular weight is 235 g/mol. The second-order valence-electron chi connectivity index (χ2n) is 4.17. The fourth-order valence-corrected chi connectivity index (χ4v) is 1.53. The van der Waals surface area contributed by atoms with E-state index < -0.39 is 0 Å². The molecule has 0 spiro atoms. The number of nitrogens with one attached hydrogen (secondary N) is 1. The molecule has 0 heterocycles. The number of ether oxygens (including phenoxy) is 1. The maximum absolute atomic E-state index is 10.9. The summed E-state index contributed by atoms with van der Waals surface area (Å²) in [5, 5.41) is 2.52. The standard InChI is InChI=1S/C14H21NO2/c1-12-6-8-13(9-7-12)5-3-4-10-17-11-14(16)15-2/h6-9H,3-5,10-11H2,1-2H3,(H,15,16). The molecule has 3 nitrogen and oxygen atoms in total. The number of carbonyl (C=O) groups is 1. The lowest BCUT2D eigenvalue weighted by Crippen LogP contribution is -2.23. The van der Waals surface area contributed by atoms with Crippen molar-refractivity contribution in [3.05, 3.63) is 35.4 Å². The van der Waals surface area contributed by atoms with E-state index >= 15 is 0 Å². The first kappa shape index (κ1) is 13.7. The Morgan fingerprint density at radius 1 is 1.24 bits per heavy atom. The Morgan fingerprint density at radius 2 is 1.94 bits per heavy atom. The average Bonchev–Trinajstić information content (AvgIpc) is 2.35. The Hall–Kier alpha value is -1.35. The summed E-state index contributed by atoms with van der Waals surface area (Å²) >= 11 is 0. The van der Waals surface area contributed by atoms with Crippen LogP contribution in [0.4, 0.5) is 0 Å². The highest BCUT2D eigenvalue weighted by molar-refractivity contribution is 5.76. The summed E-state index contributed by atoms with van der Waals surface area (Å²) in [6.45, 7) is 2.91. The lowest BCUT2D eigenvalue weighted by molar-refractivity contribution is -0.125. The molecule has 0 saturated carbocycles. The lowest BCUT2D eigenvalue weighted by atomic mass is 10.1. The van der Waals surface area contributed by atoms with Gasteiger partial charge in [0.25, 0.3) is 0 Å². The molecule has 0 aliphatic rings. The molecule has 3 heteroatoms. The van der Waals surface area contributed by atoms with Crippen LogP contribution >= 0.6 is 0 Å². The van der Waals surface area contributed by atoms with Crippen molar-refractivity contribution in [1.29, 1.82) is 0 Å². The monoisotopic (exact) mass is 235 g/mol. The summed E-state index contributed by atoms with van der Waals surface area (Å²) < 4.78 is 5.23. The van der Waals surface area contributed by atoms with E-state index in [0.717, 1.165) is 19.3 Å². The number of hydrogen-bond donors (Lipinski definition) is 1. The van der Waals surface area contributed by atoms with Crippen LogP contribution in [0.3, 0.4) is 0 Å². The largest absolute Gasteiger partial charge is 0.372 e. The van der Waals surface area contributed by atoms with Gasteiger partial charge in [0.2, 0.25) is 5.91 Å². The number of likely N-dealkylation sites (N-methyl/N-ethyl adjacent to an activating group) is 1. The van der Waals surface area contributed by atoms with E-state index in [1.165, 1.54) is 11.1 Å². The van der Waals surface area contributed by atoms with Crippen LogP contribution in [-0.4, -0.2) is 26.2 Å². The summed E-state index contributed by atoms with van der Waals surface area (Å²) in [7, 11) is 1.61. The first-order chi connectivity index (χ1) is 8.22. The van der Waals surface area contributed by atoms with Crippen molar-refractivity contribution in [1.82, 2.24) is 5.32 Å². The minimum atomic E-state index is -0.0662. The van der Waals surface area contributed by atoms with Crippen molar-refractivity contribution >= 4 is 5.91 Å². The van der Waals surface area contributed by atoms with Gasteiger partial charge in [0.05, 0.1) is 0 Å². The van der Waals surface area contributed by atoms with Gasteiger partial charge in [0.1, 0.15) is 6.61 Å². The van der Waals surface area contributed by atoms with Crippen LogP contribution in [-0.2, 0) is 16.0 Å². The topological polar surface area (TPSA) is 38.3 Å². The normalized spacial score (nSPS) is 10.2. The predicted octanol–water partition coefficient (Wildman–Crippen LogP) is 2.08. The van der Waals surface area contributed by atoms with E-state index in [1.807, 2.05) is 0 Å². The van der Waals surface area contributed by atoms with Crippen molar-refractivity contribution in [2.75, 3.05) is 20.3 Å². The zero-order chi connectivity index (χ0) is 12.5. The number of rotatable bonds is 7. The zero-order valence-electron chi connectivity index (χ0n) is 10.7. The molecule has 0 saturated heterocycles. The van der Waals surface area contributed by atoms with Gasteiger partial charge in [-0.3, -0.25) is 4.79 Å². The Kier molecular flexibility index (Phi) is 6.33. The maximum atomic E-state index is 10.9. The van der Waals surface area contributed by atoms with E-state index in [-0.39, 0.29) is 12.5 Å². The Labute approximate surface area is 103 Å². The molecule has 1 aromatic carbocycles. The molecule has 1 N–H and O–H groups in total. The minimum absolute atomic E-state index is 0.0662. The second kappa shape index (κ2) is 7.85. The predicted molar refractivity (Wildman–Crippen MR) is 69.0 cm³/mol. The van der Waals surface area contributed by atoms with Gasteiger partial charge < -0.3 is 10.1 Å². The van der Waals surface area contributed by atoms with Gasteiger partial charge in [0.15, 0.2) is 0 Å². The Bertz CT molecular complexity index is 333. The summed E-state index contributed by atoms with van der Waals surface area (Å²) in [5.41, 5.74) is 2.66. The highest BCUT2D eigenvalue weighted by Crippen LogP contribution is 2.07. The molecule has 0 atom stereocenters. The molecule has 0 aliphatic carbocycles. The van der Waals surface area contributed by atoms with Crippen LogP contribution in [0.1, 0.15) is 24.0 Å². The fraction of sp³-hybridized carbons (Fsp3) is 0.500. The third-order valence-electron chi connectivity index (χ3n) is 2.64. The highest BCUT2D eigenvalue weighted by atomic mass is 16.5. The third kappa shape index (κ3) is 6.07. The molecular formula is C14H21NO2. The Morgan fingerprint density at radius 3 is 2.59 bits per heavy atom. The lowest BCUT2D eigenvalue weighted by Gasteiger charge is -2.04. The van der Waals surface area contributed by atoms with Gasteiger partial charge >= 0.3 is 0 Å². The van der Waals surface area contributed by atoms with E-state index in [2.05, 4.69) is 36.5 Å². The quantitative estimate of drug-likeness (QED) is 0.735. The van der Waals surface area contributed by atoms with Gasteiger partial charge in [-0.1, -0.05) is 29.8 Å². The van der Waals surface area contributed by atoms with Crippen LogP contribution in [0.15, 0.2) is 24.3 Å². The van der Waals surface area contributed by atoms with Crippen LogP contribution in [0.5, 0.6) is 0 Å². The van der Waals surface area contributed by atoms with Gasteiger partial charge in [-0.05, 0) is 31.7 Å². The number of amides is 1. The molecule has 0 aliphatic heterocycles. The highest BCUT2D eigenvalue weighted by Gasteiger charge is 1.97. The van der Waals surface area contributed by atoms with Crippen LogP contribution < -0.4 is 5.32 Å². The van der Waals surface area contributed by atoms with Gasteiger partial charge in [-0.2, -0.15) is 0 Å². The minimum Gasteiger partial charge on any atom is -0.372 e. The molecule has 0 unspecified atom stereocenters. The van der Waals surface area contributed by atoms with Gasteiger partial charge in [-0.15, -0.1) is 0 Å². The number of hydrogen-bond acceptors (Lipinski definition) is 2. The maximum Gasteiger partial charge on any atom is 0.245 e. The summed E-state index contributed by atoms with van der Waals surface area (Å²) in [4.78, 5) is 10.9. The molecule has 0 radical (unpaired) electrons.